The highest BCUT2D eigenvalue weighted by atomic mass is 28.3. The summed E-state index contributed by atoms with van der Waals surface area (Å²) in [5.74, 6) is 0.00126. The van der Waals surface area contributed by atoms with Crippen LogP contribution < -0.4 is 0 Å². The van der Waals surface area contributed by atoms with E-state index in [1.807, 2.05) is 18.2 Å². The van der Waals surface area contributed by atoms with Crippen molar-refractivity contribution in [1.82, 2.24) is 9.55 Å². The van der Waals surface area contributed by atoms with Crippen LogP contribution >= 0.6 is 0 Å². The molecule has 0 fully saturated rings. The van der Waals surface area contributed by atoms with Crippen molar-refractivity contribution in [3.8, 4) is 0 Å². The smallest absolute Gasteiger partial charge is 0.171 e. The first-order valence-corrected chi connectivity index (χ1v) is 13.4. The second-order valence-electron chi connectivity index (χ2n) is 8.44. The molecule has 7 heteroatoms. The Balaban J connectivity index is 1.66. The molecule has 0 spiro atoms. The Labute approximate surface area is 169 Å². The number of para-hydroxylation sites is 1. The van der Waals surface area contributed by atoms with E-state index in [4.69, 9.17) is 9.15 Å². The van der Waals surface area contributed by atoms with Crippen LogP contribution in [0.15, 0.2) is 53.2 Å². The van der Waals surface area contributed by atoms with Crippen molar-refractivity contribution >= 4 is 30.0 Å². The van der Waals surface area contributed by atoms with Gasteiger partial charge in [0.1, 0.15) is 24.2 Å². The minimum absolute atomic E-state index is 0.146. The quantitative estimate of drug-likeness (QED) is 0.330. The van der Waals surface area contributed by atoms with Crippen LogP contribution in [0.3, 0.4) is 0 Å². The second-order valence-corrected chi connectivity index (χ2v) is 14.1. The van der Waals surface area contributed by atoms with Crippen molar-refractivity contribution in [3.63, 3.8) is 0 Å². The van der Waals surface area contributed by atoms with E-state index >= 15 is 0 Å². The molecule has 2 heterocycles. The number of fused-ring (bicyclic) bond motifs is 3. The molecule has 0 aliphatic rings. The summed E-state index contributed by atoms with van der Waals surface area (Å²) in [7, 11) is -1.17. The van der Waals surface area contributed by atoms with Crippen LogP contribution in [0.4, 0.5) is 4.39 Å². The van der Waals surface area contributed by atoms with Crippen molar-refractivity contribution in [1.29, 1.82) is 0 Å². The zero-order valence-electron chi connectivity index (χ0n) is 16.9. The Morgan fingerprint density at radius 3 is 2.79 bits per heavy atom. The summed E-state index contributed by atoms with van der Waals surface area (Å²) in [6, 6.07) is 11.3. The fraction of sp³-hybridized carbons (Fsp3) is 0.318. The van der Waals surface area contributed by atoms with Gasteiger partial charge >= 0.3 is 0 Å². The van der Waals surface area contributed by atoms with Gasteiger partial charge in [-0.25, -0.2) is 9.37 Å². The van der Waals surface area contributed by atoms with Crippen LogP contribution in [0.5, 0.6) is 0 Å². The largest absolute Gasteiger partial charge is 0.453 e. The van der Waals surface area contributed by atoms with Crippen LogP contribution in [-0.4, -0.2) is 29.3 Å². The average molecular weight is 413 g/mol. The SMILES string of the molecule is C[Si](C)(C)CCOCn1ccnc1C(O)c1ccc(F)c2oc3ccccc3c12. The summed E-state index contributed by atoms with van der Waals surface area (Å²) in [6.07, 6.45) is 2.38. The lowest BCUT2D eigenvalue weighted by Gasteiger charge is -2.17. The number of aliphatic hydroxyl groups is 1. The van der Waals surface area contributed by atoms with Crippen molar-refractivity contribution in [2.45, 2.75) is 38.5 Å². The van der Waals surface area contributed by atoms with Gasteiger partial charge in [-0.1, -0.05) is 43.9 Å². The maximum Gasteiger partial charge on any atom is 0.171 e. The highest BCUT2D eigenvalue weighted by molar-refractivity contribution is 6.76. The predicted molar refractivity (Wildman–Crippen MR) is 114 cm³/mol. The number of imidazole rings is 1. The lowest BCUT2D eigenvalue weighted by molar-refractivity contribution is 0.0787. The predicted octanol–water partition coefficient (Wildman–Crippen LogP) is 5.32. The number of rotatable bonds is 7. The minimum atomic E-state index is -1.17. The van der Waals surface area contributed by atoms with Crippen LogP contribution in [0.25, 0.3) is 21.9 Å². The standard InChI is InChI=1S/C22H25FN2O3Si/c1-29(2,3)13-12-27-14-25-11-10-24-22(25)20(26)16-8-9-17(23)21-19(16)15-6-4-5-7-18(15)28-21/h4-11,20,26H,12-14H2,1-3H3. The number of hydrogen-bond donors (Lipinski definition) is 1. The van der Waals surface area contributed by atoms with Crippen LogP contribution in [0.2, 0.25) is 25.7 Å². The summed E-state index contributed by atoms with van der Waals surface area (Å²) >= 11 is 0. The van der Waals surface area contributed by atoms with Gasteiger partial charge in [0.15, 0.2) is 11.4 Å². The zero-order valence-corrected chi connectivity index (χ0v) is 17.9. The summed E-state index contributed by atoms with van der Waals surface area (Å²) < 4.78 is 27.7. The van der Waals surface area contributed by atoms with E-state index in [2.05, 4.69) is 24.6 Å². The zero-order chi connectivity index (χ0) is 20.6. The third-order valence-corrected chi connectivity index (χ3v) is 6.73. The number of nitrogens with zero attached hydrogens (tertiary/aromatic N) is 2. The maximum absolute atomic E-state index is 14.4. The number of aromatic nitrogens is 2. The van der Waals surface area contributed by atoms with Crippen LogP contribution in [0, 0.1) is 5.82 Å². The third-order valence-electron chi connectivity index (χ3n) is 5.02. The molecule has 2 aromatic heterocycles. The van der Waals surface area contributed by atoms with Crippen molar-refractivity contribution < 1.29 is 18.7 Å². The molecule has 0 bridgehead atoms. The van der Waals surface area contributed by atoms with E-state index in [1.54, 1.807) is 29.1 Å². The van der Waals surface area contributed by atoms with E-state index in [0.717, 1.165) is 11.4 Å². The molecular weight excluding hydrogens is 387 g/mol. The van der Waals surface area contributed by atoms with E-state index < -0.39 is 20.0 Å². The molecule has 0 saturated heterocycles. The number of benzene rings is 2. The molecule has 0 amide bonds. The Bertz CT molecular complexity index is 1150. The van der Waals surface area contributed by atoms with Crippen molar-refractivity contribution in [3.05, 3.63) is 66.0 Å². The molecule has 5 nitrogen and oxygen atoms in total. The fourth-order valence-electron chi connectivity index (χ4n) is 3.41. The number of hydrogen-bond acceptors (Lipinski definition) is 4. The summed E-state index contributed by atoms with van der Waals surface area (Å²) in [6.45, 7) is 7.90. The van der Waals surface area contributed by atoms with Gasteiger partial charge < -0.3 is 18.8 Å². The number of halogens is 1. The maximum atomic E-state index is 14.4. The van der Waals surface area contributed by atoms with Crippen LogP contribution in [-0.2, 0) is 11.5 Å². The van der Waals surface area contributed by atoms with Gasteiger partial charge in [-0.05, 0) is 23.7 Å². The molecule has 2 aromatic carbocycles. The molecule has 152 valence electrons. The van der Waals surface area contributed by atoms with Gasteiger partial charge in [-0.3, -0.25) is 0 Å². The molecule has 4 aromatic rings. The Morgan fingerprint density at radius 1 is 1.21 bits per heavy atom. The third kappa shape index (κ3) is 3.98. The topological polar surface area (TPSA) is 60.4 Å². The highest BCUT2D eigenvalue weighted by Gasteiger charge is 2.23. The molecule has 1 unspecified atom stereocenters. The van der Waals surface area contributed by atoms with Crippen molar-refractivity contribution in [2.24, 2.45) is 0 Å². The monoisotopic (exact) mass is 412 g/mol. The average Bonchev–Trinajstić information content (AvgIpc) is 3.29. The molecule has 1 N–H and O–H groups in total. The number of furan rings is 1. The Morgan fingerprint density at radius 2 is 2.00 bits per heavy atom. The van der Waals surface area contributed by atoms with Gasteiger partial charge in [0.2, 0.25) is 0 Å². The molecule has 0 saturated carbocycles. The van der Waals surface area contributed by atoms with Gasteiger partial charge in [0.05, 0.1) is 0 Å². The summed E-state index contributed by atoms with van der Waals surface area (Å²) in [5.41, 5.74) is 1.28. The minimum Gasteiger partial charge on any atom is -0.453 e. The number of aliphatic hydroxyl groups excluding tert-OH is 1. The van der Waals surface area contributed by atoms with E-state index in [0.29, 0.717) is 35.7 Å². The molecule has 0 aliphatic heterocycles. The summed E-state index contributed by atoms with van der Waals surface area (Å²) in [4.78, 5) is 4.33. The first kappa shape index (κ1) is 19.8. The highest BCUT2D eigenvalue weighted by Crippen LogP contribution is 2.37. The normalized spacial score (nSPS) is 13.4. The molecule has 0 radical (unpaired) electrons. The Kier molecular flexibility index (Phi) is 5.29. The first-order valence-electron chi connectivity index (χ1n) is 9.71. The van der Waals surface area contributed by atoms with Gasteiger partial charge in [0, 0.05) is 37.8 Å². The lowest BCUT2D eigenvalue weighted by atomic mass is 10.0. The summed E-state index contributed by atoms with van der Waals surface area (Å²) in [5, 5.41) is 12.5. The van der Waals surface area contributed by atoms with Crippen molar-refractivity contribution in [2.75, 3.05) is 6.61 Å². The second kappa shape index (κ2) is 7.74. The van der Waals surface area contributed by atoms with E-state index in [9.17, 15) is 9.50 Å². The van der Waals surface area contributed by atoms with E-state index in [-0.39, 0.29) is 5.58 Å². The number of ether oxygens (including phenoxy) is 1. The fourth-order valence-corrected chi connectivity index (χ4v) is 4.16. The Hall–Kier alpha value is -2.48. The molecule has 1 atom stereocenters. The van der Waals surface area contributed by atoms with Crippen LogP contribution in [0.1, 0.15) is 17.5 Å². The lowest BCUT2D eigenvalue weighted by Crippen LogP contribution is -2.22. The van der Waals surface area contributed by atoms with Gasteiger partial charge in [-0.2, -0.15) is 0 Å². The van der Waals surface area contributed by atoms with Gasteiger partial charge in [-0.15, -0.1) is 0 Å². The molecule has 0 aliphatic carbocycles. The molecule has 29 heavy (non-hydrogen) atoms. The molecule has 4 rings (SSSR count). The van der Waals surface area contributed by atoms with Gasteiger partial charge in [0.25, 0.3) is 0 Å². The first-order chi connectivity index (χ1) is 13.8. The molecular formula is C22H25FN2O3Si. The van der Waals surface area contributed by atoms with E-state index in [1.165, 1.54) is 6.07 Å².